The maximum Gasteiger partial charge on any atom is 0.388 e. The van der Waals surface area contributed by atoms with Crippen LogP contribution in [0, 0.1) is 6.92 Å². The predicted molar refractivity (Wildman–Crippen MR) is 56.8 cm³/mol. The molecule has 80 valence electrons. The molecule has 1 rings (SSSR count). The molecule has 0 radical (unpaired) electrons. The van der Waals surface area contributed by atoms with Crippen LogP contribution in [0.4, 0.5) is 0 Å². The van der Waals surface area contributed by atoms with Gasteiger partial charge in [-0.1, -0.05) is 28.8 Å². The Morgan fingerprint density at radius 3 is 2.33 bits per heavy atom. The first-order valence-corrected chi connectivity index (χ1v) is 5.80. The van der Waals surface area contributed by atoms with Gasteiger partial charge in [0.2, 0.25) is 0 Å². The van der Waals surface area contributed by atoms with Crippen LogP contribution in [-0.2, 0) is 14.8 Å². The largest absolute Gasteiger partial charge is 0.588 e. The van der Waals surface area contributed by atoms with Crippen LogP contribution >= 0.6 is 8.03 Å². The second-order valence-corrected chi connectivity index (χ2v) is 4.92. The van der Waals surface area contributed by atoms with Crippen LogP contribution in [0.2, 0.25) is 0 Å². The van der Waals surface area contributed by atoms with E-state index in [-0.39, 0.29) is 0 Å². The molecule has 0 aliphatic rings. The zero-order valence-corrected chi connectivity index (χ0v) is 9.88. The van der Waals surface area contributed by atoms with Gasteiger partial charge in [0.15, 0.2) is 0 Å². The van der Waals surface area contributed by atoms with Crippen molar-refractivity contribution in [2.75, 3.05) is 0 Å². The highest BCUT2D eigenvalue weighted by molar-refractivity contribution is 7.57. The summed E-state index contributed by atoms with van der Waals surface area (Å²) < 4.78 is 10.7. The number of aryl methyl sites for hydroxylation is 1. The van der Waals surface area contributed by atoms with Gasteiger partial charge in [0, 0.05) is 0 Å². The third-order valence-electron chi connectivity index (χ3n) is 2.52. The van der Waals surface area contributed by atoms with Crippen molar-refractivity contribution < 1.29 is 14.3 Å². The lowest BCUT2D eigenvalue weighted by atomic mass is 9.83. The van der Waals surface area contributed by atoms with Gasteiger partial charge in [0.25, 0.3) is 0 Å². The van der Waals surface area contributed by atoms with Crippen molar-refractivity contribution >= 4 is 13.6 Å². The summed E-state index contributed by atoms with van der Waals surface area (Å²) in [6.07, 6.45) is 0. The molecule has 1 aromatic rings. The fourth-order valence-corrected chi connectivity index (χ4v) is 2.19. The lowest BCUT2D eigenvalue weighted by molar-refractivity contribution is -0.170. The quantitative estimate of drug-likeness (QED) is 0.737. The molecule has 1 unspecified atom stereocenters. The first-order valence-electron chi connectivity index (χ1n) is 4.62. The molecular formula is C11H13O3P. The second kappa shape index (κ2) is 4.21. The van der Waals surface area contributed by atoms with Crippen molar-refractivity contribution in [1.82, 2.24) is 0 Å². The van der Waals surface area contributed by atoms with Gasteiger partial charge in [-0.3, -0.25) is 0 Å². The molecule has 0 bridgehead atoms. The van der Waals surface area contributed by atoms with Crippen LogP contribution in [-0.4, -0.2) is 5.52 Å². The second-order valence-electron chi connectivity index (χ2n) is 4.00. The Kier molecular flexibility index (Phi) is 3.38. The Bertz CT molecular complexity index is 410. The molecule has 0 fully saturated rings. The molecule has 0 heterocycles. The lowest BCUT2D eigenvalue weighted by Gasteiger charge is -2.20. The minimum absolute atomic E-state index is 0.744. The zero-order chi connectivity index (χ0) is 11.6. The SMILES string of the molecule is Cc1ccccc1C(C)(C)C(=O)[P+](=O)[O-]. The molecule has 1 aromatic carbocycles. The van der Waals surface area contributed by atoms with Gasteiger partial charge in [-0.05, 0) is 31.9 Å². The summed E-state index contributed by atoms with van der Waals surface area (Å²) in [7, 11) is -3.02. The Morgan fingerprint density at radius 2 is 1.87 bits per heavy atom. The van der Waals surface area contributed by atoms with Gasteiger partial charge in [0.05, 0.1) is 5.41 Å². The fraction of sp³-hybridized carbons (Fsp3) is 0.364. The molecular weight excluding hydrogens is 211 g/mol. The molecule has 0 saturated carbocycles. The maximum atomic E-state index is 11.5. The normalized spacial score (nSPS) is 12.4. The number of benzene rings is 1. The van der Waals surface area contributed by atoms with Crippen molar-refractivity contribution in [2.24, 2.45) is 0 Å². The average Bonchev–Trinajstić information content (AvgIpc) is 2.16. The Balaban J connectivity index is 3.22. The number of carbonyl (C=O) groups is 1. The van der Waals surface area contributed by atoms with Crippen molar-refractivity contribution in [2.45, 2.75) is 26.2 Å². The fourth-order valence-electron chi connectivity index (χ4n) is 1.62. The summed E-state index contributed by atoms with van der Waals surface area (Å²) >= 11 is 0. The van der Waals surface area contributed by atoms with E-state index in [4.69, 9.17) is 0 Å². The molecule has 0 aromatic heterocycles. The van der Waals surface area contributed by atoms with Crippen molar-refractivity contribution in [3.8, 4) is 0 Å². The topological polar surface area (TPSA) is 57.2 Å². The third-order valence-corrected chi connectivity index (χ3v) is 3.41. The summed E-state index contributed by atoms with van der Waals surface area (Å²) in [4.78, 5) is 22.2. The molecule has 0 aliphatic heterocycles. The van der Waals surface area contributed by atoms with E-state index in [9.17, 15) is 14.3 Å². The molecule has 0 N–H and O–H groups in total. The van der Waals surface area contributed by atoms with E-state index in [1.54, 1.807) is 26.0 Å². The molecule has 15 heavy (non-hydrogen) atoms. The van der Waals surface area contributed by atoms with E-state index >= 15 is 0 Å². The highest BCUT2D eigenvalue weighted by Crippen LogP contribution is 2.33. The van der Waals surface area contributed by atoms with Crippen molar-refractivity contribution in [1.29, 1.82) is 0 Å². The minimum Gasteiger partial charge on any atom is -0.588 e. The number of hydrogen-bond donors (Lipinski definition) is 0. The van der Waals surface area contributed by atoms with Crippen molar-refractivity contribution in [3.05, 3.63) is 35.4 Å². The third kappa shape index (κ3) is 2.31. The van der Waals surface area contributed by atoms with Gasteiger partial charge < -0.3 is 4.89 Å². The van der Waals surface area contributed by atoms with E-state index in [1.807, 2.05) is 19.1 Å². The predicted octanol–water partition coefficient (Wildman–Crippen LogP) is 1.90. The highest BCUT2D eigenvalue weighted by Gasteiger charge is 2.39. The number of carbonyl (C=O) groups excluding carboxylic acids is 1. The van der Waals surface area contributed by atoms with E-state index in [0.717, 1.165) is 11.1 Å². The summed E-state index contributed by atoms with van der Waals surface area (Å²) in [5, 5.41) is 0. The first kappa shape index (κ1) is 12.0. The van der Waals surface area contributed by atoms with Crippen LogP contribution in [0.1, 0.15) is 25.0 Å². The van der Waals surface area contributed by atoms with Crippen molar-refractivity contribution in [3.63, 3.8) is 0 Å². The lowest BCUT2D eigenvalue weighted by Crippen LogP contribution is -2.29. The molecule has 4 heteroatoms. The monoisotopic (exact) mass is 224 g/mol. The van der Waals surface area contributed by atoms with Crippen LogP contribution in [0.3, 0.4) is 0 Å². The maximum absolute atomic E-state index is 11.5. The number of rotatable bonds is 3. The smallest absolute Gasteiger partial charge is 0.388 e. The van der Waals surface area contributed by atoms with Gasteiger partial charge >= 0.3 is 13.6 Å². The Labute approximate surface area is 90.0 Å². The van der Waals surface area contributed by atoms with E-state index in [1.165, 1.54) is 0 Å². The summed E-state index contributed by atoms with van der Waals surface area (Å²) in [6.45, 7) is 5.12. The summed E-state index contributed by atoms with van der Waals surface area (Å²) in [5.74, 6) is 0. The van der Waals surface area contributed by atoms with E-state index in [2.05, 4.69) is 0 Å². The van der Waals surface area contributed by atoms with Crippen LogP contribution in [0.5, 0.6) is 0 Å². The minimum atomic E-state index is -3.02. The van der Waals surface area contributed by atoms with Gasteiger partial charge in [0.1, 0.15) is 0 Å². The molecule has 0 aliphatic carbocycles. The van der Waals surface area contributed by atoms with Crippen LogP contribution < -0.4 is 4.89 Å². The zero-order valence-electron chi connectivity index (χ0n) is 8.98. The van der Waals surface area contributed by atoms with E-state index < -0.39 is 19.0 Å². The van der Waals surface area contributed by atoms with E-state index in [0.29, 0.717) is 0 Å². The molecule has 0 saturated heterocycles. The Hall–Kier alpha value is -1.05. The Morgan fingerprint density at radius 1 is 1.33 bits per heavy atom. The van der Waals surface area contributed by atoms with Gasteiger partial charge in [-0.25, -0.2) is 4.79 Å². The first-order chi connectivity index (χ1) is 6.87. The molecule has 0 amide bonds. The summed E-state index contributed by atoms with van der Waals surface area (Å²) in [5.41, 5.74) is -0.0331. The van der Waals surface area contributed by atoms with Gasteiger partial charge in [-0.2, -0.15) is 0 Å². The van der Waals surface area contributed by atoms with Crippen LogP contribution in [0.25, 0.3) is 0 Å². The molecule has 3 nitrogen and oxygen atoms in total. The number of hydrogen-bond acceptors (Lipinski definition) is 3. The highest BCUT2D eigenvalue weighted by atomic mass is 31.1. The van der Waals surface area contributed by atoms with Crippen LogP contribution in [0.15, 0.2) is 24.3 Å². The summed E-state index contributed by atoms with van der Waals surface area (Å²) in [6, 6.07) is 7.31. The average molecular weight is 224 g/mol. The molecule has 0 spiro atoms. The van der Waals surface area contributed by atoms with Gasteiger partial charge in [-0.15, -0.1) is 0 Å². The molecule has 1 atom stereocenters. The standard InChI is InChI=1S/C11H13O3P/c1-8-6-4-5-7-9(8)11(2,3)10(12)15(13)14/h4-7H,1-3H3.